The van der Waals surface area contributed by atoms with Gasteiger partial charge >= 0.3 is 0 Å². The molecule has 1 aromatic rings. The number of carbonyl (C=O) groups is 1. The summed E-state index contributed by atoms with van der Waals surface area (Å²) < 4.78 is 0.796. The van der Waals surface area contributed by atoms with E-state index in [4.69, 9.17) is 11.6 Å². The lowest BCUT2D eigenvalue weighted by molar-refractivity contribution is -0.120. The first-order valence-electron chi connectivity index (χ1n) is 4.61. The van der Waals surface area contributed by atoms with Crippen LogP contribution in [0.1, 0.15) is 11.6 Å². The number of halogens is 2. The first-order valence-corrected chi connectivity index (χ1v) is 5.78. The van der Waals surface area contributed by atoms with Gasteiger partial charge in [0.1, 0.15) is 6.04 Å². The quantitative estimate of drug-likeness (QED) is 0.832. The second kappa shape index (κ2) is 4.43. The highest BCUT2D eigenvalue weighted by Crippen LogP contribution is 2.28. The van der Waals surface area contributed by atoms with Gasteiger partial charge in [-0.2, -0.15) is 0 Å². The molecule has 1 aliphatic heterocycles. The van der Waals surface area contributed by atoms with Gasteiger partial charge in [0, 0.05) is 16.5 Å². The summed E-state index contributed by atoms with van der Waals surface area (Å²) in [6.45, 7) is 0. The highest BCUT2D eigenvalue weighted by Gasteiger charge is 2.30. The van der Waals surface area contributed by atoms with E-state index < -0.39 is 6.04 Å². The molecule has 1 saturated heterocycles. The molecule has 84 valence electrons. The van der Waals surface area contributed by atoms with Crippen LogP contribution in [-0.2, 0) is 4.79 Å². The summed E-state index contributed by atoms with van der Waals surface area (Å²) in [5.74, 6) is 0.362. The van der Waals surface area contributed by atoms with Crippen LogP contribution in [0.4, 0.5) is 0 Å². The summed E-state index contributed by atoms with van der Waals surface area (Å²) >= 11 is 9.22. The third-order valence-electron chi connectivity index (χ3n) is 2.28. The summed E-state index contributed by atoms with van der Waals surface area (Å²) in [5.41, 5.74) is 0.834. The predicted octanol–water partition coefficient (Wildman–Crippen LogP) is 1.85. The standard InChI is InChI=1S/C10H9BrClN3O/c1-13-10-14-8(9(16)15-10)6-3-2-5(12)4-7(6)11/h2-4,8H,1H3,(H2,13,14,15,16). The van der Waals surface area contributed by atoms with Crippen LogP contribution in [-0.4, -0.2) is 18.9 Å². The second-order valence-electron chi connectivity index (χ2n) is 3.30. The zero-order valence-electron chi connectivity index (χ0n) is 8.42. The normalized spacial score (nSPS) is 22.1. The third kappa shape index (κ3) is 2.05. The molecule has 0 spiro atoms. The van der Waals surface area contributed by atoms with Gasteiger partial charge in [-0.05, 0) is 17.7 Å². The molecule has 4 nitrogen and oxygen atoms in total. The van der Waals surface area contributed by atoms with E-state index >= 15 is 0 Å². The first kappa shape index (κ1) is 11.4. The van der Waals surface area contributed by atoms with Gasteiger partial charge in [0.2, 0.25) is 0 Å². The number of amides is 1. The van der Waals surface area contributed by atoms with Gasteiger partial charge in [0.25, 0.3) is 5.91 Å². The monoisotopic (exact) mass is 301 g/mol. The molecule has 0 bridgehead atoms. The Morgan fingerprint density at radius 1 is 1.50 bits per heavy atom. The van der Waals surface area contributed by atoms with Crippen LogP contribution in [0.5, 0.6) is 0 Å². The second-order valence-corrected chi connectivity index (χ2v) is 4.60. The molecule has 0 radical (unpaired) electrons. The van der Waals surface area contributed by atoms with Gasteiger partial charge in [-0.25, -0.2) is 0 Å². The molecule has 1 heterocycles. The minimum atomic E-state index is -0.426. The Kier molecular flexibility index (Phi) is 3.16. The lowest BCUT2D eigenvalue weighted by atomic mass is 10.1. The molecular formula is C10H9BrClN3O. The Bertz CT molecular complexity index is 475. The fraction of sp³-hybridized carbons (Fsp3) is 0.200. The van der Waals surface area contributed by atoms with Crippen molar-refractivity contribution in [1.29, 1.82) is 0 Å². The maximum Gasteiger partial charge on any atom is 0.253 e. The predicted molar refractivity (Wildman–Crippen MR) is 66.5 cm³/mol. The van der Waals surface area contributed by atoms with Crippen LogP contribution in [0.25, 0.3) is 0 Å². The largest absolute Gasteiger partial charge is 0.340 e. The van der Waals surface area contributed by atoms with E-state index in [1.54, 1.807) is 19.2 Å². The lowest BCUT2D eigenvalue weighted by Gasteiger charge is -2.10. The van der Waals surface area contributed by atoms with Gasteiger partial charge in [-0.1, -0.05) is 33.6 Å². The Labute approximate surface area is 106 Å². The highest BCUT2D eigenvalue weighted by molar-refractivity contribution is 9.10. The lowest BCUT2D eigenvalue weighted by Crippen LogP contribution is -2.24. The molecule has 1 fully saturated rings. The van der Waals surface area contributed by atoms with E-state index in [9.17, 15) is 4.79 Å². The van der Waals surface area contributed by atoms with Crippen molar-refractivity contribution in [2.45, 2.75) is 6.04 Å². The number of rotatable bonds is 1. The molecule has 2 N–H and O–H groups in total. The van der Waals surface area contributed by atoms with Crippen LogP contribution in [0.15, 0.2) is 27.7 Å². The van der Waals surface area contributed by atoms with E-state index in [1.165, 1.54) is 0 Å². The molecule has 6 heteroatoms. The van der Waals surface area contributed by atoms with E-state index in [0.29, 0.717) is 11.0 Å². The Balaban J connectivity index is 2.35. The molecule has 0 saturated carbocycles. The van der Waals surface area contributed by atoms with E-state index in [0.717, 1.165) is 10.0 Å². The number of carbonyl (C=O) groups excluding carboxylic acids is 1. The van der Waals surface area contributed by atoms with Crippen LogP contribution in [0.3, 0.4) is 0 Å². The number of nitrogens with zero attached hydrogens (tertiary/aromatic N) is 1. The topological polar surface area (TPSA) is 53.5 Å². The zero-order chi connectivity index (χ0) is 11.7. The summed E-state index contributed by atoms with van der Waals surface area (Å²) in [4.78, 5) is 15.6. The number of guanidine groups is 1. The third-order valence-corrected chi connectivity index (χ3v) is 3.20. The highest BCUT2D eigenvalue weighted by atomic mass is 79.9. The van der Waals surface area contributed by atoms with E-state index in [-0.39, 0.29) is 5.91 Å². The fourth-order valence-corrected chi connectivity index (χ4v) is 2.41. The summed E-state index contributed by atoms with van der Waals surface area (Å²) in [5, 5.41) is 6.25. The van der Waals surface area contributed by atoms with Crippen LogP contribution in [0, 0.1) is 0 Å². The molecule has 1 aliphatic rings. The maximum atomic E-state index is 11.7. The number of benzene rings is 1. The molecule has 1 unspecified atom stereocenters. The van der Waals surface area contributed by atoms with Crippen molar-refractivity contribution in [2.24, 2.45) is 4.99 Å². The fourth-order valence-electron chi connectivity index (χ4n) is 1.50. The van der Waals surface area contributed by atoms with Gasteiger partial charge in [-0.3, -0.25) is 15.1 Å². The zero-order valence-corrected chi connectivity index (χ0v) is 10.8. The smallest absolute Gasteiger partial charge is 0.253 e. The van der Waals surface area contributed by atoms with Crippen molar-refractivity contribution in [2.75, 3.05) is 7.05 Å². The average Bonchev–Trinajstić information content (AvgIpc) is 2.60. The van der Waals surface area contributed by atoms with Crippen molar-refractivity contribution in [3.63, 3.8) is 0 Å². The maximum absolute atomic E-state index is 11.7. The number of nitrogens with one attached hydrogen (secondary N) is 2. The Hall–Kier alpha value is -1.07. The van der Waals surface area contributed by atoms with Crippen molar-refractivity contribution in [3.8, 4) is 0 Å². The van der Waals surface area contributed by atoms with Crippen LogP contribution < -0.4 is 10.6 Å². The molecule has 0 aromatic heterocycles. The van der Waals surface area contributed by atoms with Crippen LogP contribution in [0.2, 0.25) is 5.02 Å². The molecule has 1 aromatic carbocycles. The summed E-state index contributed by atoms with van der Waals surface area (Å²) in [6, 6.07) is 4.89. The minimum absolute atomic E-state index is 0.122. The van der Waals surface area contributed by atoms with E-state index in [2.05, 4.69) is 31.6 Å². The summed E-state index contributed by atoms with van der Waals surface area (Å²) in [7, 11) is 1.61. The van der Waals surface area contributed by atoms with Crippen LogP contribution >= 0.6 is 27.5 Å². The number of aliphatic imine (C=N–C) groups is 1. The first-order chi connectivity index (χ1) is 7.61. The molecule has 16 heavy (non-hydrogen) atoms. The van der Waals surface area contributed by atoms with Gasteiger partial charge in [-0.15, -0.1) is 0 Å². The average molecular weight is 303 g/mol. The molecule has 0 aliphatic carbocycles. The van der Waals surface area contributed by atoms with Gasteiger partial charge in [0.15, 0.2) is 5.96 Å². The number of hydrogen-bond acceptors (Lipinski definition) is 2. The Morgan fingerprint density at radius 3 is 2.81 bits per heavy atom. The van der Waals surface area contributed by atoms with Crippen molar-refractivity contribution in [3.05, 3.63) is 33.3 Å². The summed E-state index contributed by atoms with van der Waals surface area (Å²) in [6.07, 6.45) is 0. The molecule has 1 atom stereocenters. The molecular weight excluding hydrogens is 293 g/mol. The van der Waals surface area contributed by atoms with Gasteiger partial charge < -0.3 is 5.32 Å². The van der Waals surface area contributed by atoms with Crippen molar-refractivity contribution in [1.82, 2.24) is 10.6 Å². The van der Waals surface area contributed by atoms with E-state index in [1.807, 2.05) is 6.07 Å². The minimum Gasteiger partial charge on any atom is -0.340 e. The number of hydrogen-bond donors (Lipinski definition) is 2. The Morgan fingerprint density at radius 2 is 2.25 bits per heavy atom. The molecule has 1 amide bonds. The van der Waals surface area contributed by atoms with Gasteiger partial charge in [0.05, 0.1) is 0 Å². The van der Waals surface area contributed by atoms with Crippen molar-refractivity contribution >= 4 is 39.4 Å². The SMILES string of the molecule is CN=C1NC(=O)C(c2ccc(Cl)cc2Br)N1. The molecule has 2 rings (SSSR count). The van der Waals surface area contributed by atoms with Crippen molar-refractivity contribution < 1.29 is 4.79 Å².